The van der Waals surface area contributed by atoms with E-state index >= 15 is 0 Å². The lowest BCUT2D eigenvalue weighted by Gasteiger charge is -2.16. The first kappa shape index (κ1) is 30.2. The Morgan fingerprint density at radius 2 is 0.765 bits per heavy atom. The molecule has 0 spiro atoms. The number of rotatable bonds is 7. The van der Waals surface area contributed by atoms with Crippen LogP contribution in [-0.2, 0) is 0 Å². The summed E-state index contributed by atoms with van der Waals surface area (Å²) in [4.78, 5) is 10.3. The molecule has 0 saturated heterocycles. The predicted molar refractivity (Wildman–Crippen MR) is 210 cm³/mol. The van der Waals surface area contributed by atoms with Crippen molar-refractivity contribution in [3.8, 4) is 78.8 Å². The number of hydrogen-bond acceptors (Lipinski definition) is 3. The van der Waals surface area contributed by atoms with E-state index in [2.05, 4.69) is 152 Å². The average molecular weight is 653 g/mol. The summed E-state index contributed by atoms with van der Waals surface area (Å²) in [5, 5.41) is 2.10. The van der Waals surface area contributed by atoms with E-state index in [9.17, 15) is 0 Å². The molecule has 0 aliphatic rings. The molecule has 0 amide bonds. The van der Waals surface area contributed by atoms with Gasteiger partial charge in [-0.05, 0) is 28.3 Å². The van der Waals surface area contributed by atoms with Gasteiger partial charge in [-0.15, -0.1) is 0 Å². The summed E-state index contributed by atoms with van der Waals surface area (Å²) in [6.07, 6.45) is 0. The Morgan fingerprint density at radius 1 is 0.314 bits per heavy atom. The van der Waals surface area contributed by atoms with Crippen LogP contribution in [0.1, 0.15) is 0 Å². The van der Waals surface area contributed by atoms with Crippen LogP contribution >= 0.6 is 0 Å². The van der Waals surface area contributed by atoms with Crippen molar-refractivity contribution in [3.63, 3.8) is 0 Å². The minimum absolute atomic E-state index is 0.671. The zero-order valence-electron chi connectivity index (χ0n) is 27.8. The quantitative estimate of drug-likeness (QED) is 0.172. The molecule has 51 heavy (non-hydrogen) atoms. The normalized spacial score (nSPS) is 11.1. The molecule has 0 aliphatic heterocycles. The van der Waals surface area contributed by atoms with Crippen molar-refractivity contribution >= 4 is 10.8 Å². The molecule has 0 aliphatic carbocycles. The highest BCUT2D eigenvalue weighted by molar-refractivity contribution is 6.08. The molecule has 240 valence electrons. The van der Waals surface area contributed by atoms with Crippen molar-refractivity contribution in [2.45, 2.75) is 0 Å². The van der Waals surface area contributed by atoms with E-state index in [0.29, 0.717) is 5.82 Å². The average Bonchev–Trinajstić information content (AvgIpc) is 3.61. The second-order valence-electron chi connectivity index (χ2n) is 12.5. The minimum Gasteiger partial charge on any atom is -0.455 e. The van der Waals surface area contributed by atoms with E-state index < -0.39 is 0 Å². The van der Waals surface area contributed by atoms with Crippen molar-refractivity contribution in [3.05, 3.63) is 194 Å². The largest absolute Gasteiger partial charge is 0.455 e. The minimum atomic E-state index is 0.671. The zero-order chi connectivity index (χ0) is 34.0. The lowest BCUT2D eigenvalue weighted by molar-refractivity contribution is 0.602. The lowest BCUT2D eigenvalue weighted by atomic mass is 9.90. The molecule has 9 rings (SSSR count). The van der Waals surface area contributed by atoms with Gasteiger partial charge in [0.05, 0.1) is 11.4 Å². The molecule has 9 aromatic rings. The highest BCUT2D eigenvalue weighted by Crippen LogP contribution is 2.48. The topological polar surface area (TPSA) is 38.9 Å². The van der Waals surface area contributed by atoms with Crippen LogP contribution in [0, 0.1) is 0 Å². The monoisotopic (exact) mass is 652 g/mol. The molecule has 0 bridgehead atoms. The highest BCUT2D eigenvalue weighted by atomic mass is 16.3. The standard InChI is InChI=1S/C48H32N2O/c1-5-18-33(19-6-1)37-26-13-14-27-39(37)46-40-28-15-16-29-41(40)47(51-46)45-38(34-20-7-2-8-21-34)30-17-31-42(45)44-32-43(35-22-9-3-10-23-35)49-48(50-44)36-24-11-4-12-25-36/h1-32H. The molecule has 0 saturated carbocycles. The molecule has 0 radical (unpaired) electrons. The van der Waals surface area contributed by atoms with Crippen molar-refractivity contribution in [1.29, 1.82) is 0 Å². The van der Waals surface area contributed by atoms with Gasteiger partial charge in [-0.2, -0.15) is 0 Å². The molecule has 0 N–H and O–H groups in total. The number of nitrogens with zero attached hydrogens (tertiary/aromatic N) is 2. The maximum Gasteiger partial charge on any atom is 0.160 e. The van der Waals surface area contributed by atoms with Crippen molar-refractivity contribution in [2.75, 3.05) is 0 Å². The first-order chi connectivity index (χ1) is 25.3. The van der Waals surface area contributed by atoms with E-state index in [4.69, 9.17) is 14.4 Å². The van der Waals surface area contributed by atoms with E-state index in [-0.39, 0.29) is 0 Å². The summed E-state index contributed by atoms with van der Waals surface area (Å²) >= 11 is 0. The maximum absolute atomic E-state index is 7.21. The van der Waals surface area contributed by atoms with Crippen LogP contribution < -0.4 is 0 Å². The lowest BCUT2D eigenvalue weighted by Crippen LogP contribution is -1.98. The smallest absolute Gasteiger partial charge is 0.160 e. The number of benzene rings is 7. The second-order valence-corrected chi connectivity index (χ2v) is 12.5. The molecular weight excluding hydrogens is 621 g/mol. The molecule has 0 atom stereocenters. The van der Waals surface area contributed by atoms with Gasteiger partial charge in [0.2, 0.25) is 0 Å². The molecule has 0 unspecified atom stereocenters. The molecule has 2 heterocycles. The van der Waals surface area contributed by atoms with E-state index in [0.717, 1.165) is 83.8 Å². The maximum atomic E-state index is 7.21. The van der Waals surface area contributed by atoms with Gasteiger partial charge in [0.1, 0.15) is 11.5 Å². The van der Waals surface area contributed by atoms with Crippen LogP contribution in [0.2, 0.25) is 0 Å². The highest BCUT2D eigenvalue weighted by Gasteiger charge is 2.25. The van der Waals surface area contributed by atoms with Gasteiger partial charge in [-0.3, -0.25) is 0 Å². The van der Waals surface area contributed by atoms with Crippen LogP contribution in [0.3, 0.4) is 0 Å². The Labute approximate surface area is 297 Å². The van der Waals surface area contributed by atoms with Gasteiger partial charge in [-0.1, -0.05) is 188 Å². The van der Waals surface area contributed by atoms with Gasteiger partial charge in [-0.25, -0.2) is 9.97 Å². The van der Waals surface area contributed by atoms with Crippen molar-refractivity contribution < 1.29 is 4.42 Å². The fourth-order valence-electron chi connectivity index (χ4n) is 6.95. The summed E-state index contributed by atoms with van der Waals surface area (Å²) < 4.78 is 7.21. The van der Waals surface area contributed by atoms with Crippen LogP contribution in [0.5, 0.6) is 0 Å². The van der Waals surface area contributed by atoms with Gasteiger partial charge in [0.25, 0.3) is 0 Å². The van der Waals surface area contributed by atoms with E-state index in [1.165, 1.54) is 0 Å². The molecule has 2 aromatic heterocycles. The van der Waals surface area contributed by atoms with Crippen LogP contribution in [0.15, 0.2) is 199 Å². The number of hydrogen-bond donors (Lipinski definition) is 0. The number of furan rings is 1. The Kier molecular flexibility index (Phi) is 7.84. The Bertz CT molecular complexity index is 2550. The Hall–Kier alpha value is -6.84. The van der Waals surface area contributed by atoms with Gasteiger partial charge in [0, 0.05) is 38.6 Å². The van der Waals surface area contributed by atoms with Crippen LogP contribution in [-0.4, -0.2) is 9.97 Å². The van der Waals surface area contributed by atoms with Crippen molar-refractivity contribution in [1.82, 2.24) is 9.97 Å². The number of fused-ring (bicyclic) bond motifs is 1. The van der Waals surface area contributed by atoms with Gasteiger partial charge in [0.15, 0.2) is 5.82 Å². The molecular formula is C48H32N2O. The van der Waals surface area contributed by atoms with E-state index in [1.807, 2.05) is 42.5 Å². The third kappa shape index (κ3) is 5.71. The van der Waals surface area contributed by atoms with Crippen molar-refractivity contribution in [2.24, 2.45) is 0 Å². The second kappa shape index (κ2) is 13.2. The first-order valence-electron chi connectivity index (χ1n) is 17.2. The molecule has 7 aromatic carbocycles. The summed E-state index contributed by atoms with van der Waals surface area (Å²) in [6.45, 7) is 0. The molecule has 3 nitrogen and oxygen atoms in total. The van der Waals surface area contributed by atoms with Gasteiger partial charge < -0.3 is 4.42 Å². The third-order valence-corrected chi connectivity index (χ3v) is 9.36. The third-order valence-electron chi connectivity index (χ3n) is 9.36. The summed E-state index contributed by atoms with van der Waals surface area (Å²) in [7, 11) is 0. The summed E-state index contributed by atoms with van der Waals surface area (Å²) in [5.74, 6) is 2.32. The van der Waals surface area contributed by atoms with Gasteiger partial charge >= 0.3 is 0 Å². The fraction of sp³-hybridized carbons (Fsp3) is 0. The predicted octanol–water partition coefficient (Wildman–Crippen LogP) is 12.9. The van der Waals surface area contributed by atoms with Crippen LogP contribution in [0.4, 0.5) is 0 Å². The zero-order valence-corrected chi connectivity index (χ0v) is 27.8. The Balaban J connectivity index is 1.34. The number of aromatic nitrogens is 2. The SMILES string of the molecule is c1ccc(-c2cc(-c3cccc(-c4ccccc4)c3-c3oc(-c4ccccc4-c4ccccc4)c4ccccc34)nc(-c3ccccc3)n2)cc1. The molecule has 3 heteroatoms. The summed E-state index contributed by atoms with van der Waals surface area (Å²) in [6, 6.07) is 67.1. The fourth-order valence-corrected chi connectivity index (χ4v) is 6.95. The summed E-state index contributed by atoms with van der Waals surface area (Å²) in [5.41, 5.74) is 11.1. The van der Waals surface area contributed by atoms with Crippen LogP contribution in [0.25, 0.3) is 89.6 Å². The first-order valence-corrected chi connectivity index (χ1v) is 17.2. The Morgan fingerprint density at radius 3 is 1.41 bits per heavy atom. The molecule has 0 fully saturated rings. The van der Waals surface area contributed by atoms with E-state index in [1.54, 1.807) is 0 Å².